The quantitative estimate of drug-likeness (QED) is 0.703. The molecule has 2 aromatic carbocycles. The second kappa shape index (κ2) is 10.8. The highest BCUT2D eigenvalue weighted by Crippen LogP contribution is 2.28. The van der Waals surface area contributed by atoms with E-state index in [1.807, 2.05) is 19.9 Å². The van der Waals surface area contributed by atoms with Gasteiger partial charge in [-0.3, -0.25) is 9.69 Å². The molecule has 0 spiro atoms. The summed E-state index contributed by atoms with van der Waals surface area (Å²) in [4.78, 5) is 15.0. The summed E-state index contributed by atoms with van der Waals surface area (Å²) in [6.07, 6.45) is -0.0227. The number of hydrogen-bond donors (Lipinski definition) is 1. The molecule has 156 valence electrons. The number of carbonyl (C=O) groups is 1. The summed E-state index contributed by atoms with van der Waals surface area (Å²) in [5, 5.41) is 2.99. The van der Waals surface area contributed by atoms with Crippen LogP contribution in [0, 0.1) is 0 Å². The van der Waals surface area contributed by atoms with Crippen molar-refractivity contribution in [2.45, 2.75) is 26.5 Å². The molecule has 1 aliphatic heterocycles. The van der Waals surface area contributed by atoms with Crippen molar-refractivity contribution >= 4 is 5.91 Å². The molecule has 1 aliphatic rings. The Morgan fingerprint density at radius 3 is 2.62 bits per heavy atom. The third kappa shape index (κ3) is 6.21. The second-order valence-corrected chi connectivity index (χ2v) is 6.95. The number of morpholine rings is 1. The molecular weight excluding hydrogens is 368 g/mol. The summed E-state index contributed by atoms with van der Waals surface area (Å²) in [6.45, 7) is 8.62. The van der Waals surface area contributed by atoms with Crippen molar-refractivity contribution in [1.29, 1.82) is 0 Å². The van der Waals surface area contributed by atoms with Crippen molar-refractivity contribution in [3.05, 3.63) is 59.7 Å². The normalized spacial score (nSPS) is 17.0. The lowest BCUT2D eigenvalue weighted by Gasteiger charge is -2.33. The van der Waals surface area contributed by atoms with Gasteiger partial charge in [0.2, 0.25) is 0 Å². The molecule has 1 saturated heterocycles. The molecule has 1 fully saturated rings. The largest absolute Gasteiger partial charge is 0.490 e. The Morgan fingerprint density at radius 1 is 1.10 bits per heavy atom. The minimum Gasteiger partial charge on any atom is -0.490 e. The molecule has 1 unspecified atom stereocenters. The van der Waals surface area contributed by atoms with E-state index in [4.69, 9.17) is 14.2 Å². The van der Waals surface area contributed by atoms with Gasteiger partial charge in [-0.1, -0.05) is 30.3 Å². The Morgan fingerprint density at radius 2 is 1.86 bits per heavy atom. The van der Waals surface area contributed by atoms with Crippen LogP contribution in [0.4, 0.5) is 0 Å². The van der Waals surface area contributed by atoms with Crippen LogP contribution in [0.3, 0.4) is 0 Å². The number of carbonyl (C=O) groups excluding carboxylic acids is 1. The fourth-order valence-corrected chi connectivity index (χ4v) is 3.39. The Hall–Kier alpha value is -2.57. The van der Waals surface area contributed by atoms with Crippen molar-refractivity contribution in [1.82, 2.24) is 10.2 Å². The van der Waals surface area contributed by atoms with Crippen LogP contribution in [0.15, 0.2) is 48.5 Å². The van der Waals surface area contributed by atoms with Crippen LogP contribution in [-0.4, -0.2) is 56.4 Å². The Balaban J connectivity index is 1.53. The zero-order valence-electron chi connectivity index (χ0n) is 17.2. The lowest BCUT2D eigenvalue weighted by Crippen LogP contribution is -2.47. The van der Waals surface area contributed by atoms with Gasteiger partial charge in [0.25, 0.3) is 5.91 Å². The molecular formula is C23H30N2O4. The first-order valence-corrected chi connectivity index (χ1v) is 10.2. The minimum absolute atomic E-state index is 0.0227. The number of nitrogens with zero attached hydrogens (tertiary/aromatic N) is 1. The molecule has 0 aromatic heterocycles. The summed E-state index contributed by atoms with van der Waals surface area (Å²) < 4.78 is 17.0. The first-order valence-electron chi connectivity index (χ1n) is 10.2. The first-order chi connectivity index (χ1) is 14.2. The number of hydrogen-bond acceptors (Lipinski definition) is 5. The summed E-state index contributed by atoms with van der Waals surface area (Å²) in [6, 6.07) is 15.7. The van der Waals surface area contributed by atoms with Crippen LogP contribution in [0.1, 0.15) is 29.8 Å². The number of nitrogens with one attached hydrogen (secondary N) is 1. The van der Waals surface area contributed by atoms with Crippen LogP contribution in [-0.2, 0) is 11.3 Å². The van der Waals surface area contributed by atoms with Crippen molar-refractivity contribution in [3.8, 4) is 11.5 Å². The van der Waals surface area contributed by atoms with Crippen molar-refractivity contribution in [2.24, 2.45) is 0 Å². The Bertz CT molecular complexity index is 782. The van der Waals surface area contributed by atoms with E-state index in [0.29, 0.717) is 43.4 Å². The van der Waals surface area contributed by atoms with E-state index < -0.39 is 0 Å². The number of ether oxygens (including phenoxy) is 3. The summed E-state index contributed by atoms with van der Waals surface area (Å²) in [5.74, 6) is 1.10. The van der Waals surface area contributed by atoms with Crippen LogP contribution in [0.25, 0.3) is 0 Å². The SMILES string of the molecule is CCOc1ccc(C(=O)NCC2CN(Cc3ccccc3)CCO2)cc1OCC. The van der Waals surface area contributed by atoms with Gasteiger partial charge in [0, 0.05) is 31.7 Å². The van der Waals surface area contributed by atoms with Gasteiger partial charge >= 0.3 is 0 Å². The van der Waals surface area contributed by atoms with E-state index >= 15 is 0 Å². The number of rotatable bonds is 9. The number of amides is 1. The van der Waals surface area contributed by atoms with Crippen LogP contribution >= 0.6 is 0 Å². The van der Waals surface area contributed by atoms with E-state index in [0.717, 1.165) is 19.6 Å². The highest BCUT2D eigenvalue weighted by Gasteiger charge is 2.21. The zero-order valence-corrected chi connectivity index (χ0v) is 17.2. The standard InChI is InChI=1S/C23H30N2O4/c1-3-27-21-11-10-19(14-22(21)28-4-2)23(26)24-15-20-17-25(12-13-29-20)16-18-8-6-5-7-9-18/h5-11,14,20H,3-4,12-13,15-17H2,1-2H3,(H,24,26). The molecule has 6 nitrogen and oxygen atoms in total. The highest BCUT2D eigenvalue weighted by molar-refractivity contribution is 5.94. The zero-order chi connectivity index (χ0) is 20.5. The summed E-state index contributed by atoms with van der Waals surface area (Å²) in [7, 11) is 0. The maximum atomic E-state index is 12.6. The summed E-state index contributed by atoms with van der Waals surface area (Å²) >= 11 is 0. The average Bonchev–Trinajstić information content (AvgIpc) is 2.74. The highest BCUT2D eigenvalue weighted by atomic mass is 16.5. The van der Waals surface area contributed by atoms with Crippen LogP contribution in [0.5, 0.6) is 11.5 Å². The van der Waals surface area contributed by atoms with Crippen molar-refractivity contribution in [2.75, 3.05) is 39.5 Å². The van der Waals surface area contributed by atoms with Crippen LogP contribution in [0.2, 0.25) is 0 Å². The third-order valence-electron chi connectivity index (χ3n) is 4.77. The van der Waals surface area contributed by atoms with Crippen molar-refractivity contribution in [3.63, 3.8) is 0 Å². The molecule has 1 atom stereocenters. The monoisotopic (exact) mass is 398 g/mol. The Kier molecular flexibility index (Phi) is 7.90. The molecule has 0 saturated carbocycles. The van der Waals surface area contributed by atoms with Gasteiger partial charge in [-0.2, -0.15) is 0 Å². The van der Waals surface area contributed by atoms with Gasteiger partial charge in [0.15, 0.2) is 11.5 Å². The fraction of sp³-hybridized carbons (Fsp3) is 0.435. The molecule has 0 bridgehead atoms. The molecule has 0 aliphatic carbocycles. The first kappa shape index (κ1) is 21.1. The lowest BCUT2D eigenvalue weighted by atomic mass is 10.1. The van der Waals surface area contributed by atoms with E-state index in [9.17, 15) is 4.79 Å². The molecule has 2 aromatic rings. The molecule has 6 heteroatoms. The van der Waals surface area contributed by atoms with Gasteiger partial charge < -0.3 is 19.5 Å². The number of benzene rings is 2. The molecule has 1 amide bonds. The fourth-order valence-electron chi connectivity index (χ4n) is 3.39. The van der Waals surface area contributed by atoms with E-state index in [2.05, 4.69) is 34.5 Å². The van der Waals surface area contributed by atoms with Gasteiger partial charge in [-0.25, -0.2) is 0 Å². The van der Waals surface area contributed by atoms with Gasteiger partial charge in [0.1, 0.15) is 0 Å². The Labute approximate surface area is 172 Å². The second-order valence-electron chi connectivity index (χ2n) is 6.95. The van der Waals surface area contributed by atoms with Crippen molar-refractivity contribution < 1.29 is 19.0 Å². The van der Waals surface area contributed by atoms with Crippen LogP contribution < -0.4 is 14.8 Å². The third-order valence-corrected chi connectivity index (χ3v) is 4.77. The predicted octanol–water partition coefficient (Wildman–Crippen LogP) is 3.11. The minimum atomic E-state index is -0.141. The maximum Gasteiger partial charge on any atom is 0.251 e. The molecule has 29 heavy (non-hydrogen) atoms. The van der Waals surface area contributed by atoms with Gasteiger partial charge in [0.05, 0.1) is 25.9 Å². The maximum absolute atomic E-state index is 12.6. The summed E-state index contributed by atoms with van der Waals surface area (Å²) in [5.41, 5.74) is 1.84. The van der Waals surface area contributed by atoms with E-state index in [-0.39, 0.29) is 12.0 Å². The van der Waals surface area contributed by atoms with E-state index in [1.54, 1.807) is 18.2 Å². The topological polar surface area (TPSA) is 60.0 Å². The molecule has 3 rings (SSSR count). The van der Waals surface area contributed by atoms with Gasteiger partial charge in [-0.15, -0.1) is 0 Å². The van der Waals surface area contributed by atoms with E-state index in [1.165, 1.54) is 5.56 Å². The average molecular weight is 399 g/mol. The lowest BCUT2D eigenvalue weighted by molar-refractivity contribution is -0.0292. The predicted molar refractivity (Wildman–Crippen MR) is 113 cm³/mol. The molecule has 1 N–H and O–H groups in total. The smallest absolute Gasteiger partial charge is 0.251 e. The van der Waals surface area contributed by atoms with Gasteiger partial charge in [-0.05, 0) is 37.6 Å². The molecule has 1 heterocycles. The molecule has 0 radical (unpaired) electrons.